The Hall–Kier alpha value is -4.02. The van der Waals surface area contributed by atoms with Crippen LogP contribution in [0.25, 0.3) is 21.5 Å². The third kappa shape index (κ3) is 6.94. The zero-order valence-electron chi connectivity index (χ0n) is 24.2. The van der Waals surface area contributed by atoms with Crippen LogP contribution in [-0.2, 0) is 20.0 Å². The topological polar surface area (TPSA) is 97.5 Å². The molecule has 2 heterocycles. The number of hydrogen-bond donors (Lipinski definition) is 1. The van der Waals surface area contributed by atoms with Crippen molar-refractivity contribution >= 4 is 27.4 Å². The van der Waals surface area contributed by atoms with Gasteiger partial charge in [-0.15, -0.1) is 5.10 Å². The van der Waals surface area contributed by atoms with Crippen molar-refractivity contribution in [2.24, 2.45) is 7.05 Å². The van der Waals surface area contributed by atoms with Crippen molar-refractivity contribution in [3.8, 4) is 5.88 Å². The molecule has 0 aliphatic rings. The SMILES string of the molecule is CC(CN(C)C)Nc1nn(C/C=C/Cc2ccc3c(OCCN(C)C)nn(C)c(=O)c3c2)c(=O)c2ccccc12. The Balaban J connectivity index is 1.53. The van der Waals surface area contributed by atoms with Crippen molar-refractivity contribution in [2.45, 2.75) is 25.9 Å². The molecule has 0 fully saturated rings. The number of rotatable bonds is 12. The summed E-state index contributed by atoms with van der Waals surface area (Å²) in [6, 6.07) is 13.5. The Bertz CT molecular complexity index is 1620. The first-order valence-electron chi connectivity index (χ1n) is 13.5. The van der Waals surface area contributed by atoms with Crippen molar-refractivity contribution in [3.05, 3.63) is 80.9 Å². The van der Waals surface area contributed by atoms with Crippen LogP contribution in [0.4, 0.5) is 5.82 Å². The standard InChI is InChI=1S/C30H39N7O3/c1-21(20-35(4)5)31-27-23-12-7-8-13-25(23)30(39)37(32-27)16-10-9-11-22-14-15-24-26(19-22)29(38)36(6)33-28(24)40-18-17-34(2)3/h7-10,12-15,19,21H,11,16-18,20H2,1-6H3,(H,31,32)/b10-9+. The van der Waals surface area contributed by atoms with Gasteiger partial charge >= 0.3 is 0 Å². The van der Waals surface area contributed by atoms with Crippen molar-refractivity contribution in [1.82, 2.24) is 29.4 Å². The highest BCUT2D eigenvalue weighted by atomic mass is 16.5. The number of aromatic nitrogens is 4. The van der Waals surface area contributed by atoms with Gasteiger partial charge in [0.1, 0.15) is 6.61 Å². The van der Waals surface area contributed by atoms with Crippen molar-refractivity contribution in [3.63, 3.8) is 0 Å². The quantitative estimate of drug-likeness (QED) is 0.272. The van der Waals surface area contributed by atoms with Crippen molar-refractivity contribution < 1.29 is 4.74 Å². The molecular weight excluding hydrogens is 506 g/mol. The van der Waals surface area contributed by atoms with Gasteiger partial charge in [-0.1, -0.05) is 36.4 Å². The summed E-state index contributed by atoms with van der Waals surface area (Å²) in [5, 5.41) is 15.1. The van der Waals surface area contributed by atoms with Crippen LogP contribution in [0.15, 0.2) is 64.2 Å². The number of likely N-dealkylation sites (N-methyl/N-ethyl adjacent to an activating group) is 2. The molecule has 4 rings (SSSR count). The summed E-state index contributed by atoms with van der Waals surface area (Å²) in [4.78, 5) is 30.1. The maximum absolute atomic E-state index is 13.1. The Morgan fingerprint density at radius 1 is 0.925 bits per heavy atom. The molecule has 1 N–H and O–H groups in total. The van der Waals surface area contributed by atoms with Crippen LogP contribution in [-0.4, -0.2) is 83.3 Å². The van der Waals surface area contributed by atoms with E-state index in [1.807, 2.05) is 87.7 Å². The number of ether oxygens (including phenoxy) is 1. The fraction of sp³-hybridized carbons (Fsp3) is 0.400. The molecule has 4 aromatic rings. The van der Waals surface area contributed by atoms with Crippen LogP contribution in [0.5, 0.6) is 5.88 Å². The first-order chi connectivity index (χ1) is 19.1. The fourth-order valence-electron chi connectivity index (χ4n) is 4.61. The second kappa shape index (κ2) is 12.9. The maximum Gasteiger partial charge on any atom is 0.275 e. The average Bonchev–Trinajstić information content (AvgIpc) is 2.91. The predicted molar refractivity (Wildman–Crippen MR) is 162 cm³/mol. The Morgan fingerprint density at radius 2 is 1.68 bits per heavy atom. The summed E-state index contributed by atoms with van der Waals surface area (Å²) in [5.74, 6) is 1.15. The zero-order valence-corrected chi connectivity index (χ0v) is 24.2. The summed E-state index contributed by atoms with van der Waals surface area (Å²) in [6.45, 7) is 4.49. The van der Waals surface area contributed by atoms with Gasteiger partial charge in [-0.25, -0.2) is 9.36 Å². The second-order valence-electron chi connectivity index (χ2n) is 10.6. The molecule has 0 saturated heterocycles. The number of anilines is 1. The third-order valence-electron chi connectivity index (χ3n) is 6.55. The number of allylic oxidation sites excluding steroid dienone is 2. The highest BCUT2D eigenvalue weighted by Crippen LogP contribution is 2.22. The van der Waals surface area contributed by atoms with E-state index in [1.54, 1.807) is 7.05 Å². The molecule has 2 aromatic heterocycles. The summed E-state index contributed by atoms with van der Waals surface area (Å²) in [6.07, 6.45) is 4.53. The molecule has 40 heavy (non-hydrogen) atoms. The van der Waals surface area contributed by atoms with Gasteiger partial charge in [0, 0.05) is 31.6 Å². The van der Waals surface area contributed by atoms with Crippen LogP contribution in [0.2, 0.25) is 0 Å². The lowest BCUT2D eigenvalue weighted by atomic mass is 10.1. The molecule has 0 amide bonds. The zero-order chi connectivity index (χ0) is 28.8. The predicted octanol–water partition coefficient (Wildman–Crippen LogP) is 2.74. The summed E-state index contributed by atoms with van der Waals surface area (Å²) in [7, 11) is 9.64. The number of aryl methyl sites for hydroxylation is 1. The molecule has 0 bridgehead atoms. The van der Waals surface area contributed by atoms with Crippen LogP contribution in [0, 0.1) is 0 Å². The van der Waals surface area contributed by atoms with Gasteiger partial charge in [0.05, 0.1) is 22.7 Å². The third-order valence-corrected chi connectivity index (χ3v) is 6.55. The van der Waals surface area contributed by atoms with E-state index >= 15 is 0 Å². The first kappa shape index (κ1) is 29.0. The summed E-state index contributed by atoms with van der Waals surface area (Å²) < 4.78 is 8.68. The van der Waals surface area contributed by atoms with Gasteiger partial charge in [0.2, 0.25) is 5.88 Å². The Kier molecular flexibility index (Phi) is 9.34. The minimum atomic E-state index is -0.170. The van der Waals surface area contributed by atoms with Gasteiger partial charge in [0.15, 0.2) is 5.82 Å². The van der Waals surface area contributed by atoms with Crippen molar-refractivity contribution in [2.75, 3.05) is 53.2 Å². The van der Waals surface area contributed by atoms with E-state index < -0.39 is 0 Å². The van der Waals surface area contributed by atoms with Crippen molar-refractivity contribution in [1.29, 1.82) is 0 Å². The Morgan fingerprint density at radius 3 is 2.40 bits per heavy atom. The molecule has 212 valence electrons. The normalized spacial score (nSPS) is 12.7. The number of benzene rings is 2. The van der Waals surface area contributed by atoms with Crippen LogP contribution >= 0.6 is 0 Å². The molecule has 0 aliphatic carbocycles. The number of fused-ring (bicyclic) bond motifs is 2. The lowest BCUT2D eigenvalue weighted by Gasteiger charge is -2.20. The number of nitrogens with zero attached hydrogens (tertiary/aromatic N) is 6. The van der Waals surface area contributed by atoms with E-state index in [2.05, 4.69) is 27.3 Å². The Labute approximate surface area is 234 Å². The van der Waals surface area contributed by atoms with E-state index in [0.717, 1.165) is 24.0 Å². The van der Waals surface area contributed by atoms with E-state index in [-0.39, 0.29) is 17.2 Å². The summed E-state index contributed by atoms with van der Waals surface area (Å²) >= 11 is 0. The monoisotopic (exact) mass is 545 g/mol. The van der Waals surface area contributed by atoms with Crippen LogP contribution in [0.3, 0.4) is 0 Å². The van der Waals surface area contributed by atoms with Crippen LogP contribution in [0.1, 0.15) is 12.5 Å². The molecule has 0 radical (unpaired) electrons. The molecule has 0 aliphatic heterocycles. The average molecular weight is 546 g/mol. The van der Waals surface area contributed by atoms with E-state index in [9.17, 15) is 9.59 Å². The molecule has 10 nitrogen and oxygen atoms in total. The smallest absolute Gasteiger partial charge is 0.275 e. The van der Waals surface area contributed by atoms with Gasteiger partial charge in [-0.2, -0.15) is 5.10 Å². The fourth-order valence-corrected chi connectivity index (χ4v) is 4.61. The lowest BCUT2D eigenvalue weighted by Crippen LogP contribution is -2.31. The molecule has 1 atom stereocenters. The largest absolute Gasteiger partial charge is 0.475 e. The maximum atomic E-state index is 13.1. The van der Waals surface area contributed by atoms with Gasteiger partial charge < -0.3 is 19.9 Å². The first-order valence-corrected chi connectivity index (χ1v) is 13.5. The van der Waals surface area contributed by atoms with E-state index in [4.69, 9.17) is 4.74 Å². The highest BCUT2D eigenvalue weighted by molar-refractivity contribution is 5.91. The van der Waals surface area contributed by atoms with Crippen LogP contribution < -0.4 is 21.2 Å². The molecule has 2 aromatic carbocycles. The minimum absolute atomic E-state index is 0.130. The van der Waals surface area contributed by atoms with Gasteiger partial charge in [0.25, 0.3) is 11.1 Å². The number of nitrogens with one attached hydrogen (secondary N) is 1. The highest BCUT2D eigenvalue weighted by Gasteiger charge is 2.13. The summed E-state index contributed by atoms with van der Waals surface area (Å²) in [5.41, 5.74) is 0.677. The molecule has 0 spiro atoms. The molecule has 10 heteroatoms. The van der Waals surface area contributed by atoms with E-state index in [1.165, 1.54) is 9.36 Å². The van der Waals surface area contributed by atoms with E-state index in [0.29, 0.717) is 47.4 Å². The van der Waals surface area contributed by atoms with Gasteiger partial charge in [-0.05, 0) is 65.3 Å². The molecular formula is C30H39N7O3. The number of hydrogen-bond acceptors (Lipinski definition) is 8. The molecule has 0 saturated carbocycles. The minimum Gasteiger partial charge on any atom is -0.475 e. The molecule has 1 unspecified atom stereocenters. The van der Waals surface area contributed by atoms with Gasteiger partial charge in [-0.3, -0.25) is 9.59 Å². The lowest BCUT2D eigenvalue weighted by molar-refractivity contribution is 0.252. The second-order valence-corrected chi connectivity index (χ2v) is 10.6.